The topological polar surface area (TPSA) is 96.2 Å². The largest absolute Gasteiger partial charge is 0.497 e. The van der Waals surface area contributed by atoms with Crippen molar-refractivity contribution in [2.45, 2.75) is 17.0 Å². The zero-order valence-electron chi connectivity index (χ0n) is 13.5. The minimum Gasteiger partial charge on any atom is -0.497 e. The van der Waals surface area contributed by atoms with Gasteiger partial charge in [-0.3, -0.25) is 10.1 Å². The monoisotopic (exact) mass is 364 g/mol. The number of hydrogen-bond donors (Lipinski definition) is 0. The van der Waals surface area contributed by atoms with E-state index in [0.717, 1.165) is 23.4 Å². The molecule has 8 nitrogen and oxygen atoms in total. The number of aryl methyl sites for hydroxylation is 1. The van der Waals surface area contributed by atoms with Crippen LogP contribution >= 0.6 is 11.8 Å². The van der Waals surface area contributed by atoms with Gasteiger partial charge in [-0.1, -0.05) is 0 Å². The predicted octanol–water partition coefficient (Wildman–Crippen LogP) is 3.59. The highest BCUT2D eigenvalue weighted by Gasteiger charge is 2.25. The summed E-state index contributed by atoms with van der Waals surface area (Å²) in [6.45, 7) is 1.79. The van der Waals surface area contributed by atoms with Crippen molar-refractivity contribution in [2.24, 2.45) is 7.05 Å². The first-order chi connectivity index (χ1) is 11.9. The predicted molar refractivity (Wildman–Crippen MR) is 87.2 cm³/mol. The third-order valence-electron chi connectivity index (χ3n) is 3.56. The zero-order valence-corrected chi connectivity index (χ0v) is 14.3. The minimum atomic E-state index is -0.972. The third-order valence-corrected chi connectivity index (χ3v) is 4.63. The molecule has 25 heavy (non-hydrogen) atoms. The number of methoxy groups -OCH3 is 1. The van der Waals surface area contributed by atoms with Crippen molar-refractivity contribution >= 4 is 17.4 Å². The second-order valence-corrected chi connectivity index (χ2v) is 6.08. The van der Waals surface area contributed by atoms with Crippen LogP contribution in [0.2, 0.25) is 0 Å². The van der Waals surface area contributed by atoms with Gasteiger partial charge < -0.3 is 13.7 Å². The summed E-state index contributed by atoms with van der Waals surface area (Å²) in [5.41, 5.74) is 0.128. The zero-order chi connectivity index (χ0) is 18.1. The maximum atomic E-state index is 14.0. The van der Waals surface area contributed by atoms with E-state index >= 15 is 0 Å². The molecule has 0 bridgehead atoms. The van der Waals surface area contributed by atoms with Gasteiger partial charge in [-0.2, -0.15) is 4.39 Å². The smallest absolute Gasteiger partial charge is 0.318 e. The van der Waals surface area contributed by atoms with E-state index in [1.165, 1.54) is 19.4 Å². The maximum absolute atomic E-state index is 14.0. The number of rotatable bonds is 5. The molecular formula is C15H13FN4O4S. The molecule has 2 heterocycles. The van der Waals surface area contributed by atoms with Crippen LogP contribution < -0.4 is 4.74 Å². The van der Waals surface area contributed by atoms with E-state index < -0.39 is 16.4 Å². The number of hydrogen-bond acceptors (Lipinski definition) is 7. The number of nitrogens with zero attached hydrogens (tertiary/aromatic N) is 4. The fraction of sp³-hybridized carbons (Fsp3) is 0.200. The van der Waals surface area contributed by atoms with E-state index in [2.05, 4.69) is 10.2 Å². The molecule has 0 radical (unpaired) electrons. The van der Waals surface area contributed by atoms with E-state index in [4.69, 9.17) is 9.15 Å². The van der Waals surface area contributed by atoms with Crippen molar-refractivity contribution < 1.29 is 18.5 Å². The first kappa shape index (κ1) is 17.0. The lowest BCUT2D eigenvalue weighted by Crippen LogP contribution is -1.99. The first-order valence-electron chi connectivity index (χ1n) is 7.06. The van der Waals surface area contributed by atoms with E-state index in [0.29, 0.717) is 16.7 Å². The molecule has 0 spiro atoms. The lowest BCUT2D eigenvalue weighted by molar-refractivity contribution is -0.390. The van der Waals surface area contributed by atoms with Gasteiger partial charge in [-0.15, -0.1) is 10.2 Å². The minimum absolute atomic E-state index is 0.0767. The van der Waals surface area contributed by atoms with Gasteiger partial charge in [0.25, 0.3) is 0 Å². The van der Waals surface area contributed by atoms with Gasteiger partial charge in [-0.25, -0.2) is 0 Å². The molecule has 0 saturated carbocycles. The first-order valence-corrected chi connectivity index (χ1v) is 7.87. The number of furan rings is 1. The molecule has 2 aromatic heterocycles. The van der Waals surface area contributed by atoms with Crippen LogP contribution in [-0.2, 0) is 7.05 Å². The van der Waals surface area contributed by atoms with E-state index in [1.807, 2.05) is 0 Å². The summed E-state index contributed by atoms with van der Waals surface area (Å²) >= 11 is 0.934. The van der Waals surface area contributed by atoms with Crippen molar-refractivity contribution in [3.05, 3.63) is 46.2 Å². The summed E-state index contributed by atoms with van der Waals surface area (Å²) in [6.07, 6.45) is 1.54. The van der Waals surface area contributed by atoms with Crippen LogP contribution in [0.4, 0.5) is 10.1 Å². The fourth-order valence-corrected chi connectivity index (χ4v) is 3.22. The molecule has 0 aliphatic rings. The molecule has 0 aliphatic carbocycles. The molecule has 3 rings (SSSR count). The van der Waals surface area contributed by atoms with E-state index in [-0.39, 0.29) is 10.6 Å². The van der Waals surface area contributed by atoms with Crippen molar-refractivity contribution in [1.29, 1.82) is 0 Å². The Hall–Kier alpha value is -2.88. The van der Waals surface area contributed by atoms with Gasteiger partial charge in [0.05, 0.1) is 28.8 Å². The second-order valence-electron chi connectivity index (χ2n) is 5.07. The average molecular weight is 364 g/mol. The third kappa shape index (κ3) is 3.07. The molecule has 10 heteroatoms. The van der Waals surface area contributed by atoms with Crippen molar-refractivity contribution in [3.63, 3.8) is 0 Å². The van der Waals surface area contributed by atoms with Gasteiger partial charge >= 0.3 is 5.69 Å². The summed E-state index contributed by atoms with van der Waals surface area (Å²) in [6, 6.07) is 4.11. The molecule has 130 valence electrons. The standard InChI is InChI=1S/C15H13FN4O4S/c1-8-10(4-5-24-8)14-17-18-15(19(14)2)25-12-7-9(23-3)6-11(16)13(12)20(21)22/h4-7H,1-3H3. The molecule has 0 N–H and O–H groups in total. The molecule has 0 saturated heterocycles. The Labute approximate surface area is 145 Å². The number of nitro groups is 1. The molecular weight excluding hydrogens is 351 g/mol. The Morgan fingerprint density at radius 2 is 2.16 bits per heavy atom. The Bertz CT molecular complexity index is 953. The molecule has 0 aliphatic heterocycles. The summed E-state index contributed by atoms with van der Waals surface area (Å²) in [4.78, 5) is 10.5. The summed E-state index contributed by atoms with van der Waals surface area (Å²) in [5.74, 6) is 0.420. The van der Waals surface area contributed by atoms with Crippen LogP contribution in [-0.4, -0.2) is 26.8 Å². The fourth-order valence-electron chi connectivity index (χ4n) is 2.28. The summed E-state index contributed by atoms with van der Waals surface area (Å²) in [7, 11) is 3.07. The van der Waals surface area contributed by atoms with Crippen LogP contribution in [0.3, 0.4) is 0 Å². The molecule has 0 atom stereocenters. The van der Waals surface area contributed by atoms with Gasteiger partial charge in [-0.05, 0) is 24.8 Å². The van der Waals surface area contributed by atoms with Gasteiger partial charge in [0.2, 0.25) is 5.82 Å². The van der Waals surface area contributed by atoms with E-state index in [1.54, 1.807) is 24.6 Å². The Balaban J connectivity index is 2.04. The Morgan fingerprint density at radius 3 is 2.76 bits per heavy atom. The number of halogens is 1. The molecule has 1 aromatic carbocycles. The molecule has 3 aromatic rings. The van der Waals surface area contributed by atoms with Gasteiger partial charge in [0, 0.05) is 19.2 Å². The lowest BCUT2D eigenvalue weighted by atomic mass is 10.2. The van der Waals surface area contributed by atoms with Crippen molar-refractivity contribution in [1.82, 2.24) is 14.8 Å². The lowest BCUT2D eigenvalue weighted by Gasteiger charge is -2.07. The SMILES string of the molecule is COc1cc(F)c([N+](=O)[O-])c(Sc2nnc(-c3ccoc3C)n2C)c1. The molecule has 0 fully saturated rings. The number of aromatic nitrogens is 3. The summed E-state index contributed by atoms with van der Waals surface area (Å²) in [5, 5.41) is 19.7. The van der Waals surface area contributed by atoms with Crippen molar-refractivity contribution in [3.8, 4) is 17.1 Å². The second kappa shape index (κ2) is 6.55. The van der Waals surface area contributed by atoms with Gasteiger partial charge in [0.15, 0.2) is 11.0 Å². The van der Waals surface area contributed by atoms with E-state index in [9.17, 15) is 14.5 Å². The highest BCUT2D eigenvalue weighted by molar-refractivity contribution is 7.99. The van der Waals surface area contributed by atoms with Crippen LogP contribution in [0, 0.1) is 22.9 Å². The quantitative estimate of drug-likeness (QED) is 0.504. The van der Waals surface area contributed by atoms with Crippen LogP contribution in [0.1, 0.15) is 5.76 Å². The average Bonchev–Trinajstić information content (AvgIpc) is 3.13. The number of benzene rings is 1. The van der Waals surface area contributed by atoms with Crippen molar-refractivity contribution in [2.75, 3.05) is 7.11 Å². The van der Waals surface area contributed by atoms with Crippen LogP contribution in [0.15, 0.2) is 38.9 Å². The number of ether oxygens (including phenoxy) is 1. The molecule has 0 unspecified atom stereocenters. The summed E-state index contributed by atoms with van der Waals surface area (Å²) < 4.78 is 25.9. The normalized spacial score (nSPS) is 10.9. The highest BCUT2D eigenvalue weighted by Crippen LogP contribution is 2.39. The Kier molecular flexibility index (Phi) is 4.45. The number of nitro benzene ring substituents is 1. The maximum Gasteiger partial charge on any atom is 0.318 e. The van der Waals surface area contributed by atoms with Crippen LogP contribution in [0.25, 0.3) is 11.4 Å². The highest BCUT2D eigenvalue weighted by atomic mass is 32.2. The van der Waals surface area contributed by atoms with Gasteiger partial charge in [0.1, 0.15) is 11.5 Å². The van der Waals surface area contributed by atoms with Crippen LogP contribution in [0.5, 0.6) is 5.75 Å². The Morgan fingerprint density at radius 1 is 1.40 bits per heavy atom. The molecule has 0 amide bonds.